The number of carbonyl (C=O) groups is 1. The van der Waals surface area contributed by atoms with Crippen LogP contribution in [0, 0.1) is 21.6 Å². The Balaban J connectivity index is 4.18. The molecule has 0 aliphatic heterocycles. The molecule has 0 fully saturated rings. The van der Waals surface area contributed by atoms with Crippen LogP contribution >= 0.6 is 0 Å². The zero-order chi connectivity index (χ0) is 8.85. The number of hydrogen-bond acceptors (Lipinski definition) is 7. The van der Waals surface area contributed by atoms with Crippen LogP contribution in [-0.2, 0) is 4.84 Å². The molecule has 0 bridgehead atoms. The van der Waals surface area contributed by atoms with Gasteiger partial charge in [0.15, 0.2) is 5.03 Å². The molecule has 0 heterocycles. The van der Waals surface area contributed by atoms with Gasteiger partial charge in [-0.15, -0.1) is 0 Å². The van der Waals surface area contributed by atoms with Gasteiger partial charge in [-0.05, 0) is 5.64 Å². The van der Waals surface area contributed by atoms with Gasteiger partial charge in [0, 0.05) is 0 Å². The van der Waals surface area contributed by atoms with Gasteiger partial charge in [-0.25, -0.2) is 14.9 Å². The van der Waals surface area contributed by atoms with E-state index in [0.717, 1.165) is 11.8 Å². The predicted molar refractivity (Wildman–Crippen MR) is 25.8 cm³/mol. The van der Waals surface area contributed by atoms with E-state index in [4.69, 9.17) is 10.5 Å². The summed E-state index contributed by atoms with van der Waals surface area (Å²) in [6, 6.07) is 0. The van der Waals surface area contributed by atoms with Crippen LogP contribution in [0.2, 0.25) is 0 Å². The second-order valence-electron chi connectivity index (χ2n) is 1.11. The first-order chi connectivity index (χ1) is 5.13. The Morgan fingerprint density at radius 2 is 2.45 bits per heavy atom. The van der Waals surface area contributed by atoms with E-state index in [0.29, 0.717) is 0 Å². The fourth-order valence-corrected chi connectivity index (χ4v) is 0.226. The van der Waals surface area contributed by atoms with Gasteiger partial charge < -0.3 is 4.84 Å². The Morgan fingerprint density at radius 3 is 2.73 bits per heavy atom. The minimum absolute atomic E-state index is 0.511. The lowest BCUT2D eigenvalue weighted by Crippen LogP contribution is -2.34. The Morgan fingerprint density at radius 1 is 1.91 bits per heavy atom. The Bertz CT molecular complexity index is 207. The van der Waals surface area contributed by atoms with Crippen LogP contribution < -0.4 is 5.64 Å². The van der Waals surface area contributed by atoms with Crippen LogP contribution in [0.25, 0.3) is 0 Å². The maximum Gasteiger partial charge on any atom is 0.504 e. The molecule has 2 N–H and O–H groups in total. The zero-order valence-electron chi connectivity index (χ0n) is 4.92. The van der Waals surface area contributed by atoms with E-state index in [9.17, 15) is 14.9 Å². The highest BCUT2D eigenvalue weighted by atomic mass is 16.9. The lowest BCUT2D eigenvalue weighted by Gasteiger charge is -2.00. The number of hydrazine groups is 1. The van der Waals surface area contributed by atoms with Crippen molar-refractivity contribution in [3.63, 3.8) is 0 Å². The van der Waals surface area contributed by atoms with Gasteiger partial charge in [-0.3, -0.25) is 5.21 Å². The largest absolute Gasteiger partial charge is 0.504 e. The molecule has 1 amide bonds. The summed E-state index contributed by atoms with van der Waals surface area (Å²) in [6.45, 7) is 0. The molecule has 11 heavy (non-hydrogen) atoms. The van der Waals surface area contributed by atoms with Gasteiger partial charge in [-0.2, -0.15) is 5.26 Å². The average Bonchev–Trinajstić information content (AvgIpc) is 1.88. The number of hydrogen-bond donors (Lipinski definition) is 2. The van der Waals surface area contributed by atoms with Crippen LogP contribution in [0.4, 0.5) is 4.79 Å². The van der Waals surface area contributed by atoms with Crippen molar-refractivity contribution in [3.05, 3.63) is 10.1 Å². The smallest absolute Gasteiger partial charge is 0.323 e. The first-order valence-electron chi connectivity index (χ1n) is 2.07. The summed E-state index contributed by atoms with van der Waals surface area (Å²) in [7, 11) is 0. The fraction of sp³-hybridized carbons (Fsp3) is 0. The Labute approximate surface area is 59.4 Å². The van der Waals surface area contributed by atoms with Crippen molar-refractivity contribution in [2.45, 2.75) is 0 Å². The molecule has 9 nitrogen and oxygen atoms in total. The molecule has 0 aliphatic carbocycles. The standard InChI is InChI=1S/C2H2N4O5/c3-1-5(6(9)10)2(7)11-4-8/h4,8H. The van der Waals surface area contributed by atoms with Crippen molar-refractivity contribution in [1.82, 2.24) is 10.7 Å². The number of nitrogens with zero attached hydrogens (tertiary/aromatic N) is 3. The van der Waals surface area contributed by atoms with Crippen LogP contribution in [0.5, 0.6) is 0 Å². The molecule has 0 aromatic rings. The summed E-state index contributed by atoms with van der Waals surface area (Å²) in [6.07, 6.45) is -0.744. The molecule has 0 saturated carbocycles. The maximum absolute atomic E-state index is 10.2. The second-order valence-corrected chi connectivity index (χ2v) is 1.11. The van der Waals surface area contributed by atoms with E-state index < -0.39 is 16.1 Å². The van der Waals surface area contributed by atoms with Crippen LogP contribution in [0.15, 0.2) is 0 Å². The van der Waals surface area contributed by atoms with Crippen molar-refractivity contribution in [2.24, 2.45) is 0 Å². The molecule has 0 radical (unpaired) electrons. The quantitative estimate of drug-likeness (QED) is 0.230. The molecule has 0 rings (SSSR count). The molecular formula is C2H2N4O5. The van der Waals surface area contributed by atoms with Gasteiger partial charge in [0.2, 0.25) is 0 Å². The van der Waals surface area contributed by atoms with Gasteiger partial charge in [-0.1, -0.05) is 0 Å². The molecule has 0 aromatic heterocycles. The summed E-state index contributed by atoms with van der Waals surface area (Å²) in [5.74, 6) is 0. The van der Waals surface area contributed by atoms with Crippen LogP contribution in [0.3, 0.4) is 0 Å². The SMILES string of the molecule is N#CN(C(=O)ONO)[N+](=O)[O-]. The number of nitrogens with one attached hydrogen (secondary N) is 1. The van der Waals surface area contributed by atoms with Crippen molar-refractivity contribution < 1.29 is 19.9 Å². The second kappa shape index (κ2) is 3.99. The normalized spacial score (nSPS) is 8.00. The fourth-order valence-electron chi connectivity index (χ4n) is 0.226. The van der Waals surface area contributed by atoms with Crippen LogP contribution in [0.1, 0.15) is 0 Å². The first kappa shape index (κ1) is 9.08. The van der Waals surface area contributed by atoms with Gasteiger partial charge in [0.1, 0.15) is 0 Å². The highest BCUT2D eigenvalue weighted by molar-refractivity contribution is 5.67. The highest BCUT2D eigenvalue weighted by Crippen LogP contribution is 1.88. The first-order valence-corrected chi connectivity index (χ1v) is 2.07. The predicted octanol–water partition coefficient (Wildman–Crippen LogP) is -1.01. The number of amides is 1. The van der Waals surface area contributed by atoms with Gasteiger partial charge in [0.05, 0.1) is 5.01 Å². The third-order valence-electron chi connectivity index (χ3n) is 0.564. The van der Waals surface area contributed by atoms with Crippen molar-refractivity contribution >= 4 is 6.09 Å². The summed E-state index contributed by atoms with van der Waals surface area (Å²) >= 11 is 0. The molecule has 0 aliphatic rings. The highest BCUT2D eigenvalue weighted by Gasteiger charge is 2.26. The molecule has 0 aromatic carbocycles. The lowest BCUT2D eigenvalue weighted by atomic mass is 11.0. The minimum atomic E-state index is -1.64. The van der Waals surface area contributed by atoms with Crippen LogP contribution in [-0.4, -0.2) is 21.3 Å². The number of carbonyl (C=O) groups excluding carboxylic acids is 1. The third kappa shape index (κ3) is 2.43. The Hall–Kier alpha value is -1.92. The van der Waals surface area contributed by atoms with Gasteiger partial charge >= 0.3 is 6.09 Å². The number of nitriles is 1. The van der Waals surface area contributed by atoms with E-state index >= 15 is 0 Å². The van der Waals surface area contributed by atoms with Crippen molar-refractivity contribution in [1.29, 1.82) is 5.26 Å². The monoisotopic (exact) mass is 162 g/mol. The molecule has 0 unspecified atom stereocenters. The van der Waals surface area contributed by atoms with Crippen molar-refractivity contribution in [3.8, 4) is 6.19 Å². The zero-order valence-corrected chi connectivity index (χ0v) is 4.92. The number of rotatable bonds is 2. The molecular weight excluding hydrogens is 160 g/mol. The summed E-state index contributed by atoms with van der Waals surface area (Å²) in [4.78, 5) is 23.5. The van der Waals surface area contributed by atoms with E-state index in [1.165, 1.54) is 0 Å². The van der Waals surface area contributed by atoms with Crippen molar-refractivity contribution in [2.75, 3.05) is 0 Å². The molecule has 0 atom stereocenters. The summed E-state index contributed by atoms with van der Waals surface area (Å²) < 4.78 is 0. The summed E-state index contributed by atoms with van der Waals surface area (Å²) in [5, 5.41) is 23.6. The minimum Gasteiger partial charge on any atom is -0.323 e. The lowest BCUT2D eigenvalue weighted by molar-refractivity contribution is -0.617. The van der Waals surface area contributed by atoms with E-state index in [1.54, 1.807) is 0 Å². The third-order valence-corrected chi connectivity index (χ3v) is 0.564. The molecule has 0 spiro atoms. The van der Waals surface area contributed by atoms with E-state index in [-0.39, 0.29) is 0 Å². The molecule has 0 saturated heterocycles. The molecule has 60 valence electrons. The van der Waals surface area contributed by atoms with E-state index in [1.807, 2.05) is 0 Å². The Kier molecular flexibility index (Phi) is 3.29. The van der Waals surface area contributed by atoms with Gasteiger partial charge in [0.25, 0.3) is 6.19 Å². The maximum atomic E-state index is 10.2. The number of nitro groups is 1. The molecule has 9 heteroatoms. The average molecular weight is 162 g/mol. The van der Waals surface area contributed by atoms with E-state index in [2.05, 4.69) is 4.84 Å². The topological polar surface area (TPSA) is 129 Å². The summed E-state index contributed by atoms with van der Waals surface area (Å²) in [5.41, 5.74) is 0.890.